The van der Waals surface area contributed by atoms with Crippen LogP contribution in [0.15, 0.2) is 12.2 Å². The molecule has 2 saturated carbocycles. The van der Waals surface area contributed by atoms with Gasteiger partial charge in [0.2, 0.25) is 0 Å². The van der Waals surface area contributed by atoms with Crippen LogP contribution in [-0.2, 0) is 9.53 Å². The van der Waals surface area contributed by atoms with Gasteiger partial charge in [-0.3, -0.25) is 4.79 Å². The molecule has 14 heavy (non-hydrogen) atoms. The molecule has 0 aromatic rings. The van der Waals surface area contributed by atoms with E-state index in [1.54, 1.807) is 0 Å². The second-order valence-electron chi connectivity index (χ2n) is 5.38. The first-order chi connectivity index (χ1) is 6.79. The molecule has 2 nitrogen and oxygen atoms in total. The quantitative estimate of drug-likeness (QED) is 0.431. The van der Waals surface area contributed by atoms with Gasteiger partial charge in [-0.15, -0.1) is 0 Å². The van der Waals surface area contributed by atoms with Gasteiger partial charge in [-0.2, -0.15) is 0 Å². The van der Waals surface area contributed by atoms with E-state index in [0.717, 1.165) is 6.42 Å². The van der Waals surface area contributed by atoms with E-state index in [-0.39, 0.29) is 23.4 Å². The molecule has 1 saturated heterocycles. The summed E-state index contributed by atoms with van der Waals surface area (Å²) in [5.41, 5.74) is 0.593. The van der Waals surface area contributed by atoms with Crippen molar-refractivity contribution in [3.05, 3.63) is 12.2 Å². The molecule has 2 bridgehead atoms. The molecule has 0 amide bonds. The summed E-state index contributed by atoms with van der Waals surface area (Å²) in [6.07, 6.45) is 10.7. The summed E-state index contributed by atoms with van der Waals surface area (Å²) in [5, 5.41) is 0. The van der Waals surface area contributed by atoms with Crippen LogP contribution in [0.3, 0.4) is 0 Å². The summed E-state index contributed by atoms with van der Waals surface area (Å²) >= 11 is 0. The summed E-state index contributed by atoms with van der Waals surface area (Å²) in [5.74, 6) is 0.320. The van der Waals surface area contributed by atoms with E-state index in [1.165, 1.54) is 25.7 Å². The predicted octanol–water partition coefficient (Wildman–Crippen LogP) is 2.05. The van der Waals surface area contributed by atoms with Crippen molar-refractivity contribution in [3.63, 3.8) is 0 Å². The minimum atomic E-state index is 0.0909. The van der Waals surface area contributed by atoms with E-state index in [1.807, 2.05) is 0 Å². The fourth-order valence-corrected chi connectivity index (χ4v) is 4.52. The molecule has 1 spiro atoms. The smallest absolute Gasteiger partial charge is 0.311 e. The Morgan fingerprint density at radius 3 is 3.14 bits per heavy atom. The van der Waals surface area contributed by atoms with E-state index < -0.39 is 0 Å². The largest absolute Gasteiger partial charge is 0.458 e. The first-order valence-electron chi connectivity index (χ1n) is 5.68. The summed E-state index contributed by atoms with van der Waals surface area (Å²) in [6, 6.07) is 0. The Hall–Kier alpha value is -0.790. The maximum atomic E-state index is 11.8. The Morgan fingerprint density at radius 1 is 1.36 bits per heavy atom. The average Bonchev–Trinajstić information content (AvgIpc) is 2.83. The van der Waals surface area contributed by atoms with Gasteiger partial charge in [0.05, 0.1) is 5.92 Å². The summed E-state index contributed by atoms with van der Waals surface area (Å²) in [4.78, 5) is 11.8. The van der Waals surface area contributed by atoms with Crippen molar-refractivity contribution in [2.75, 3.05) is 0 Å². The molecule has 1 aliphatic heterocycles. The minimum absolute atomic E-state index is 0.0909. The van der Waals surface area contributed by atoms with Crippen LogP contribution in [0, 0.1) is 16.7 Å². The zero-order valence-corrected chi connectivity index (χ0v) is 8.16. The molecule has 4 rings (SSSR count). The number of esters is 1. The summed E-state index contributed by atoms with van der Waals surface area (Å²) in [6.45, 7) is 0. The lowest BCUT2D eigenvalue weighted by Gasteiger charge is -2.34. The molecule has 3 fully saturated rings. The maximum absolute atomic E-state index is 11.8. The fraction of sp³-hybridized carbons (Fsp3) is 0.750. The van der Waals surface area contributed by atoms with Crippen LogP contribution < -0.4 is 0 Å². The molecular formula is C12H14O2. The van der Waals surface area contributed by atoms with Crippen LogP contribution in [0.4, 0.5) is 0 Å². The van der Waals surface area contributed by atoms with E-state index in [9.17, 15) is 4.79 Å². The normalized spacial score (nSPS) is 57.6. The van der Waals surface area contributed by atoms with Crippen LogP contribution in [0.25, 0.3) is 0 Å². The van der Waals surface area contributed by atoms with Crippen molar-refractivity contribution in [2.45, 2.75) is 38.2 Å². The number of carbonyl (C=O) groups is 1. The van der Waals surface area contributed by atoms with Crippen LogP contribution in [-0.4, -0.2) is 12.1 Å². The van der Waals surface area contributed by atoms with Gasteiger partial charge in [-0.1, -0.05) is 18.9 Å². The van der Waals surface area contributed by atoms with E-state index in [0.29, 0.717) is 5.41 Å². The zero-order chi connectivity index (χ0) is 9.39. The Labute approximate surface area is 83.3 Å². The van der Waals surface area contributed by atoms with Crippen LogP contribution in [0.5, 0.6) is 0 Å². The van der Waals surface area contributed by atoms with Crippen molar-refractivity contribution in [1.82, 2.24) is 0 Å². The second-order valence-corrected chi connectivity index (χ2v) is 5.38. The number of allylic oxidation sites excluding steroid dienone is 1. The second kappa shape index (κ2) is 1.93. The van der Waals surface area contributed by atoms with Crippen LogP contribution in [0.1, 0.15) is 32.1 Å². The molecule has 0 radical (unpaired) electrons. The fourth-order valence-electron chi connectivity index (χ4n) is 4.52. The van der Waals surface area contributed by atoms with Crippen molar-refractivity contribution in [2.24, 2.45) is 16.7 Å². The molecule has 74 valence electrons. The molecule has 0 unspecified atom stereocenters. The SMILES string of the molecule is O=C1O[C@H]2C=C[C@@]34CCCC[C@@]3(C2)[C@H]14. The van der Waals surface area contributed by atoms with Crippen molar-refractivity contribution in [1.29, 1.82) is 0 Å². The Kier molecular flexibility index (Phi) is 1.03. The van der Waals surface area contributed by atoms with Gasteiger partial charge in [0.25, 0.3) is 0 Å². The number of hydrogen-bond acceptors (Lipinski definition) is 2. The van der Waals surface area contributed by atoms with Crippen molar-refractivity contribution < 1.29 is 9.53 Å². The molecule has 3 aliphatic carbocycles. The van der Waals surface area contributed by atoms with Crippen molar-refractivity contribution >= 4 is 5.97 Å². The topological polar surface area (TPSA) is 26.3 Å². The first-order valence-corrected chi connectivity index (χ1v) is 5.68. The minimum Gasteiger partial charge on any atom is -0.458 e. The van der Waals surface area contributed by atoms with Crippen LogP contribution in [0.2, 0.25) is 0 Å². The molecule has 4 aliphatic rings. The van der Waals surface area contributed by atoms with Crippen molar-refractivity contribution in [3.8, 4) is 0 Å². The monoisotopic (exact) mass is 190 g/mol. The Morgan fingerprint density at radius 2 is 2.21 bits per heavy atom. The number of rotatable bonds is 0. The van der Waals surface area contributed by atoms with E-state index in [2.05, 4.69) is 12.2 Å². The average molecular weight is 190 g/mol. The molecule has 1 heterocycles. The van der Waals surface area contributed by atoms with Gasteiger partial charge in [-0.25, -0.2) is 0 Å². The number of fused-ring (bicyclic) bond motifs is 1. The zero-order valence-electron chi connectivity index (χ0n) is 8.16. The van der Waals surface area contributed by atoms with Gasteiger partial charge >= 0.3 is 5.97 Å². The number of carbonyl (C=O) groups excluding carboxylic acids is 1. The van der Waals surface area contributed by atoms with Gasteiger partial charge in [0.15, 0.2) is 0 Å². The third kappa shape index (κ3) is 0.547. The van der Waals surface area contributed by atoms with Gasteiger partial charge in [-0.05, 0) is 30.8 Å². The summed E-state index contributed by atoms with van der Waals surface area (Å²) in [7, 11) is 0. The third-order valence-corrected chi connectivity index (χ3v) is 5.05. The molecular weight excluding hydrogens is 176 g/mol. The molecule has 2 heteroatoms. The van der Waals surface area contributed by atoms with Gasteiger partial charge < -0.3 is 4.74 Å². The third-order valence-electron chi connectivity index (χ3n) is 5.05. The first kappa shape index (κ1) is 7.49. The highest BCUT2D eigenvalue weighted by atomic mass is 16.5. The predicted molar refractivity (Wildman–Crippen MR) is 50.5 cm³/mol. The standard InChI is InChI=1S/C12H14O2/c13-10-9-11-4-1-2-5-12(9,11)7-8(14-10)3-6-11/h3,6,8-9H,1-2,4-5,7H2/t8-,9+,11+,12+/m0/s1. The molecule has 0 aromatic heterocycles. The highest BCUT2D eigenvalue weighted by Gasteiger charge is 2.81. The van der Waals surface area contributed by atoms with Gasteiger partial charge in [0, 0.05) is 5.41 Å². The number of hydrogen-bond donors (Lipinski definition) is 0. The molecule has 4 atom stereocenters. The highest BCUT2D eigenvalue weighted by Crippen LogP contribution is 2.81. The van der Waals surface area contributed by atoms with E-state index in [4.69, 9.17) is 4.74 Å². The number of ether oxygens (including phenoxy) is 1. The molecule has 0 aromatic carbocycles. The van der Waals surface area contributed by atoms with Gasteiger partial charge in [0.1, 0.15) is 6.10 Å². The van der Waals surface area contributed by atoms with E-state index >= 15 is 0 Å². The highest BCUT2D eigenvalue weighted by molar-refractivity contribution is 5.82. The lowest BCUT2D eigenvalue weighted by Crippen LogP contribution is -2.32. The maximum Gasteiger partial charge on any atom is 0.311 e. The Bertz CT molecular complexity index is 359. The van der Waals surface area contributed by atoms with Crippen LogP contribution >= 0.6 is 0 Å². The molecule has 0 N–H and O–H groups in total. The lowest BCUT2D eigenvalue weighted by atomic mass is 9.73. The summed E-state index contributed by atoms with van der Waals surface area (Å²) < 4.78 is 5.39. The lowest BCUT2D eigenvalue weighted by molar-refractivity contribution is -0.154. The Balaban J connectivity index is 1.90.